The second-order valence-corrected chi connectivity index (χ2v) is 8.43. The Bertz CT molecular complexity index is 1430. The maximum atomic E-state index is 11.0. The first kappa shape index (κ1) is 20.0. The molecule has 0 saturated heterocycles. The van der Waals surface area contributed by atoms with Gasteiger partial charge in [-0.3, -0.25) is 10.1 Å². The molecule has 0 amide bonds. The van der Waals surface area contributed by atoms with Gasteiger partial charge in [0, 0.05) is 29.1 Å². The molecular weight excluding hydrogens is 422 g/mol. The monoisotopic (exact) mass is 441 g/mol. The van der Waals surface area contributed by atoms with Crippen molar-refractivity contribution in [2.45, 2.75) is 6.92 Å². The number of rotatable bonds is 5. The van der Waals surface area contributed by atoms with Crippen LogP contribution in [0.5, 0.6) is 5.75 Å². The molecular formula is C25H19N3O3S. The van der Waals surface area contributed by atoms with Crippen LogP contribution in [0.2, 0.25) is 0 Å². The molecule has 5 aromatic rings. The van der Waals surface area contributed by atoms with Gasteiger partial charge in [-0.2, -0.15) is 0 Å². The Kier molecular flexibility index (Phi) is 4.95. The Morgan fingerprint density at radius 1 is 0.938 bits per heavy atom. The number of methoxy groups -OCH3 is 1. The standard InChI is InChI=1S/C25H19N3O3S/c1-16-3-14-23(17-4-10-20(11-5-17)28(29)30)27(16)19-8-6-18(7-9-19)25-26-22-13-12-21(31-2)15-24(22)32-25/h3-15H,1-2H3. The van der Waals surface area contributed by atoms with Gasteiger partial charge in [0.1, 0.15) is 10.8 Å². The lowest BCUT2D eigenvalue weighted by atomic mass is 10.1. The molecule has 6 nitrogen and oxygen atoms in total. The normalized spacial score (nSPS) is 11.1. The maximum Gasteiger partial charge on any atom is 0.269 e. The number of benzene rings is 3. The average molecular weight is 442 g/mol. The van der Waals surface area contributed by atoms with E-state index in [-0.39, 0.29) is 10.6 Å². The van der Waals surface area contributed by atoms with E-state index in [2.05, 4.69) is 28.8 Å². The fraction of sp³-hybridized carbons (Fsp3) is 0.0800. The van der Waals surface area contributed by atoms with E-state index in [9.17, 15) is 10.1 Å². The van der Waals surface area contributed by atoms with Crippen LogP contribution in [0.15, 0.2) is 78.9 Å². The van der Waals surface area contributed by atoms with E-state index in [4.69, 9.17) is 9.72 Å². The van der Waals surface area contributed by atoms with Crippen LogP contribution >= 0.6 is 11.3 Å². The van der Waals surface area contributed by atoms with Crippen molar-refractivity contribution in [1.82, 2.24) is 9.55 Å². The van der Waals surface area contributed by atoms with Crippen molar-refractivity contribution in [1.29, 1.82) is 0 Å². The Balaban J connectivity index is 1.49. The van der Waals surface area contributed by atoms with Crippen LogP contribution in [0.1, 0.15) is 5.69 Å². The lowest BCUT2D eigenvalue weighted by Gasteiger charge is -2.12. The minimum absolute atomic E-state index is 0.0846. The van der Waals surface area contributed by atoms with E-state index in [1.807, 2.05) is 37.3 Å². The highest BCUT2D eigenvalue weighted by Crippen LogP contribution is 2.34. The summed E-state index contributed by atoms with van der Waals surface area (Å²) in [5.74, 6) is 0.824. The maximum absolute atomic E-state index is 11.0. The molecule has 0 N–H and O–H groups in total. The Labute approximate surface area is 188 Å². The number of hydrogen-bond acceptors (Lipinski definition) is 5. The topological polar surface area (TPSA) is 70.2 Å². The molecule has 2 aromatic heterocycles. The lowest BCUT2D eigenvalue weighted by Crippen LogP contribution is -1.99. The van der Waals surface area contributed by atoms with Gasteiger partial charge in [-0.1, -0.05) is 0 Å². The molecule has 0 saturated carbocycles. The number of ether oxygens (including phenoxy) is 1. The van der Waals surface area contributed by atoms with Crippen molar-refractivity contribution in [2.24, 2.45) is 0 Å². The first-order valence-electron chi connectivity index (χ1n) is 10.0. The van der Waals surface area contributed by atoms with Crippen LogP contribution < -0.4 is 4.74 Å². The van der Waals surface area contributed by atoms with Crippen LogP contribution in [0.4, 0.5) is 5.69 Å². The molecule has 2 heterocycles. The second kappa shape index (κ2) is 7.94. The highest BCUT2D eigenvalue weighted by molar-refractivity contribution is 7.21. The number of non-ortho nitro benzene ring substituents is 1. The van der Waals surface area contributed by atoms with Crippen molar-refractivity contribution in [2.75, 3.05) is 7.11 Å². The van der Waals surface area contributed by atoms with Crippen molar-refractivity contribution < 1.29 is 9.66 Å². The molecule has 7 heteroatoms. The number of aromatic nitrogens is 2. The minimum atomic E-state index is -0.384. The number of nitro benzene ring substituents is 1. The third-order valence-electron chi connectivity index (χ3n) is 5.42. The van der Waals surface area contributed by atoms with Crippen molar-refractivity contribution in [3.8, 4) is 33.3 Å². The molecule has 0 unspecified atom stereocenters. The Hall–Kier alpha value is -3.97. The molecule has 0 fully saturated rings. The fourth-order valence-electron chi connectivity index (χ4n) is 3.77. The SMILES string of the molecule is COc1ccc2nc(-c3ccc(-n4c(C)ccc4-c4ccc([N+](=O)[O-])cc4)cc3)sc2c1. The van der Waals surface area contributed by atoms with Gasteiger partial charge in [-0.15, -0.1) is 11.3 Å². The van der Waals surface area contributed by atoms with Crippen LogP contribution in [0, 0.1) is 17.0 Å². The molecule has 5 rings (SSSR count). The lowest BCUT2D eigenvalue weighted by molar-refractivity contribution is -0.384. The summed E-state index contributed by atoms with van der Waals surface area (Å²) < 4.78 is 8.55. The fourth-order valence-corrected chi connectivity index (χ4v) is 4.77. The zero-order chi connectivity index (χ0) is 22.2. The quantitative estimate of drug-likeness (QED) is 0.226. The van der Waals surface area contributed by atoms with Gasteiger partial charge >= 0.3 is 0 Å². The molecule has 0 aliphatic heterocycles. The zero-order valence-corrected chi connectivity index (χ0v) is 18.3. The van der Waals surface area contributed by atoms with Gasteiger partial charge in [0.15, 0.2) is 0 Å². The predicted molar refractivity (Wildman–Crippen MR) is 128 cm³/mol. The largest absolute Gasteiger partial charge is 0.497 e. The molecule has 0 radical (unpaired) electrons. The van der Waals surface area contributed by atoms with E-state index < -0.39 is 0 Å². The molecule has 158 valence electrons. The summed E-state index contributed by atoms with van der Waals surface area (Å²) in [5, 5.41) is 11.9. The van der Waals surface area contributed by atoms with Crippen molar-refractivity contribution >= 4 is 27.2 Å². The summed E-state index contributed by atoms with van der Waals surface area (Å²) in [6.45, 7) is 2.05. The smallest absolute Gasteiger partial charge is 0.269 e. The highest BCUT2D eigenvalue weighted by Gasteiger charge is 2.13. The van der Waals surface area contributed by atoms with Gasteiger partial charge in [-0.05, 0) is 79.2 Å². The van der Waals surface area contributed by atoms with Crippen molar-refractivity contribution in [3.05, 3.63) is 94.7 Å². The molecule has 0 spiro atoms. The minimum Gasteiger partial charge on any atom is -0.497 e. The molecule has 0 bridgehead atoms. The molecule has 3 aromatic carbocycles. The Morgan fingerprint density at radius 2 is 1.66 bits per heavy atom. The van der Waals surface area contributed by atoms with E-state index in [1.54, 1.807) is 30.6 Å². The summed E-state index contributed by atoms with van der Waals surface area (Å²) >= 11 is 1.64. The summed E-state index contributed by atoms with van der Waals surface area (Å²) in [6.07, 6.45) is 0. The Morgan fingerprint density at radius 3 is 2.34 bits per heavy atom. The van der Waals surface area contributed by atoms with Gasteiger partial charge in [0.25, 0.3) is 5.69 Å². The third-order valence-corrected chi connectivity index (χ3v) is 6.49. The third kappa shape index (κ3) is 3.52. The molecule has 0 aliphatic carbocycles. The average Bonchev–Trinajstić information content (AvgIpc) is 3.42. The van der Waals surface area contributed by atoms with Crippen LogP contribution in [-0.4, -0.2) is 21.6 Å². The summed E-state index contributed by atoms with van der Waals surface area (Å²) in [4.78, 5) is 15.3. The first-order valence-corrected chi connectivity index (χ1v) is 10.8. The predicted octanol–water partition coefficient (Wildman–Crippen LogP) is 6.65. The first-order chi connectivity index (χ1) is 15.5. The van der Waals surface area contributed by atoms with Gasteiger partial charge < -0.3 is 9.30 Å². The molecule has 0 aliphatic rings. The number of nitro groups is 1. The molecule has 0 atom stereocenters. The molecule has 32 heavy (non-hydrogen) atoms. The van der Waals surface area contributed by atoms with Gasteiger partial charge in [0.2, 0.25) is 0 Å². The number of fused-ring (bicyclic) bond motifs is 1. The van der Waals surface area contributed by atoms with Crippen LogP contribution in [0.25, 0.3) is 37.7 Å². The number of thiazole rings is 1. The van der Waals surface area contributed by atoms with Gasteiger partial charge in [-0.25, -0.2) is 4.98 Å². The number of nitrogens with zero attached hydrogens (tertiary/aromatic N) is 3. The van der Waals surface area contributed by atoms with Gasteiger partial charge in [0.05, 0.1) is 27.9 Å². The highest BCUT2D eigenvalue weighted by atomic mass is 32.1. The van der Waals surface area contributed by atoms with Crippen LogP contribution in [0.3, 0.4) is 0 Å². The summed E-state index contributed by atoms with van der Waals surface area (Å²) in [7, 11) is 1.66. The number of hydrogen-bond donors (Lipinski definition) is 0. The second-order valence-electron chi connectivity index (χ2n) is 7.40. The number of aryl methyl sites for hydroxylation is 1. The van der Waals surface area contributed by atoms with Crippen LogP contribution in [-0.2, 0) is 0 Å². The zero-order valence-electron chi connectivity index (χ0n) is 17.5. The summed E-state index contributed by atoms with van der Waals surface area (Å²) in [6, 6.07) is 24.9. The van der Waals surface area contributed by atoms with E-state index in [1.165, 1.54) is 12.1 Å². The van der Waals surface area contributed by atoms with E-state index in [0.29, 0.717) is 0 Å². The van der Waals surface area contributed by atoms with E-state index >= 15 is 0 Å². The van der Waals surface area contributed by atoms with E-state index in [0.717, 1.165) is 49.2 Å². The van der Waals surface area contributed by atoms with Crippen molar-refractivity contribution in [3.63, 3.8) is 0 Å². The summed E-state index contributed by atoms with van der Waals surface area (Å²) in [5.41, 5.74) is 6.10.